The van der Waals surface area contributed by atoms with Gasteiger partial charge in [0, 0.05) is 48.0 Å². The van der Waals surface area contributed by atoms with Gasteiger partial charge in [-0.2, -0.15) is 0 Å². The van der Waals surface area contributed by atoms with Crippen LogP contribution in [-0.4, -0.2) is 46.0 Å². The molecular formula is C22H22N4O2. The summed E-state index contributed by atoms with van der Waals surface area (Å²) < 4.78 is 5.33. The normalized spacial score (nSPS) is 17.3. The average Bonchev–Trinajstić information content (AvgIpc) is 3.37. The Morgan fingerprint density at radius 2 is 2.18 bits per heavy atom. The third-order valence-corrected chi connectivity index (χ3v) is 5.68. The number of methoxy groups -OCH3 is 1. The summed E-state index contributed by atoms with van der Waals surface area (Å²) in [7, 11) is 1.64. The summed E-state index contributed by atoms with van der Waals surface area (Å²) in [6.07, 6.45) is 5.67. The van der Waals surface area contributed by atoms with Crippen molar-refractivity contribution in [2.75, 3.05) is 20.2 Å². The number of ether oxygens (including phenoxy) is 1. The first-order chi connectivity index (χ1) is 13.7. The van der Waals surface area contributed by atoms with Crippen LogP contribution in [0, 0.1) is 0 Å². The van der Waals surface area contributed by atoms with Crippen LogP contribution in [-0.2, 0) is 0 Å². The Morgan fingerprint density at radius 1 is 1.25 bits per heavy atom. The molecule has 1 atom stereocenters. The molecule has 0 spiro atoms. The number of amides is 1. The fraction of sp³-hybridized carbons (Fsp3) is 0.273. The van der Waals surface area contributed by atoms with Gasteiger partial charge in [-0.05, 0) is 49.2 Å². The molecule has 2 N–H and O–H groups in total. The molecule has 28 heavy (non-hydrogen) atoms. The van der Waals surface area contributed by atoms with Gasteiger partial charge in [-0.3, -0.25) is 9.78 Å². The number of rotatable bonds is 3. The number of carbonyl (C=O) groups excluding carboxylic acids is 1. The first kappa shape index (κ1) is 16.9. The zero-order valence-electron chi connectivity index (χ0n) is 15.7. The Morgan fingerprint density at radius 3 is 3.04 bits per heavy atom. The largest absolute Gasteiger partial charge is 0.497 e. The van der Waals surface area contributed by atoms with Crippen molar-refractivity contribution in [3.05, 3.63) is 60.0 Å². The predicted octanol–water partition coefficient (Wildman–Crippen LogP) is 4.07. The first-order valence-electron chi connectivity index (χ1n) is 9.61. The molecule has 3 aromatic heterocycles. The first-order valence-corrected chi connectivity index (χ1v) is 9.61. The molecule has 4 heterocycles. The lowest BCUT2D eigenvalue weighted by Crippen LogP contribution is -2.39. The van der Waals surface area contributed by atoms with Crippen molar-refractivity contribution in [2.24, 2.45) is 0 Å². The number of nitrogens with zero attached hydrogens (tertiary/aromatic N) is 2. The van der Waals surface area contributed by atoms with Gasteiger partial charge in [-0.15, -0.1) is 0 Å². The Bertz CT molecular complexity index is 1130. The lowest BCUT2D eigenvalue weighted by molar-refractivity contribution is 0.0708. The summed E-state index contributed by atoms with van der Waals surface area (Å²) in [4.78, 5) is 26.3. The van der Waals surface area contributed by atoms with Gasteiger partial charge in [0.25, 0.3) is 5.91 Å². The van der Waals surface area contributed by atoms with E-state index >= 15 is 0 Å². The monoisotopic (exact) mass is 374 g/mol. The topological polar surface area (TPSA) is 74.0 Å². The second kappa shape index (κ2) is 6.71. The number of hydrogen-bond donors (Lipinski definition) is 2. The van der Waals surface area contributed by atoms with Crippen molar-refractivity contribution < 1.29 is 9.53 Å². The molecule has 6 nitrogen and oxygen atoms in total. The van der Waals surface area contributed by atoms with E-state index in [9.17, 15) is 4.79 Å². The quantitative estimate of drug-likeness (QED) is 0.568. The van der Waals surface area contributed by atoms with Gasteiger partial charge < -0.3 is 19.6 Å². The van der Waals surface area contributed by atoms with Gasteiger partial charge >= 0.3 is 0 Å². The van der Waals surface area contributed by atoms with Crippen molar-refractivity contribution in [3.63, 3.8) is 0 Å². The SMILES string of the molecule is COc1ccc2[nH]cc(C(=O)N3CCC[C@H](c4cc5ncccc5[nH]4)C3)c2c1. The van der Waals surface area contributed by atoms with Crippen molar-refractivity contribution in [1.29, 1.82) is 0 Å². The minimum atomic E-state index is 0.0680. The van der Waals surface area contributed by atoms with Crippen molar-refractivity contribution in [2.45, 2.75) is 18.8 Å². The number of pyridine rings is 1. The van der Waals surface area contributed by atoms with E-state index in [2.05, 4.69) is 21.0 Å². The number of H-pyrrole nitrogens is 2. The summed E-state index contributed by atoms with van der Waals surface area (Å²) in [5.74, 6) is 1.12. The number of benzene rings is 1. The summed E-state index contributed by atoms with van der Waals surface area (Å²) in [5.41, 5.74) is 4.83. The summed E-state index contributed by atoms with van der Waals surface area (Å²) in [6, 6.07) is 11.9. The number of piperidine rings is 1. The van der Waals surface area contributed by atoms with Crippen molar-refractivity contribution >= 4 is 27.8 Å². The van der Waals surface area contributed by atoms with Crippen LogP contribution in [0.25, 0.3) is 21.9 Å². The van der Waals surface area contributed by atoms with E-state index in [1.807, 2.05) is 47.6 Å². The fourth-order valence-corrected chi connectivity index (χ4v) is 4.19. The molecule has 1 aliphatic rings. The molecule has 0 saturated carbocycles. The molecular weight excluding hydrogens is 352 g/mol. The number of nitrogens with one attached hydrogen (secondary N) is 2. The lowest BCUT2D eigenvalue weighted by Gasteiger charge is -2.32. The second-order valence-corrected chi connectivity index (χ2v) is 7.37. The van der Waals surface area contributed by atoms with Gasteiger partial charge in [-0.1, -0.05) is 0 Å². The van der Waals surface area contributed by atoms with Crippen LogP contribution in [0.1, 0.15) is 34.8 Å². The number of fused-ring (bicyclic) bond motifs is 2. The number of aromatic nitrogens is 3. The van der Waals surface area contributed by atoms with E-state index in [1.54, 1.807) is 7.11 Å². The molecule has 1 fully saturated rings. The molecule has 1 amide bonds. The smallest absolute Gasteiger partial charge is 0.256 e. The van der Waals surface area contributed by atoms with Crippen molar-refractivity contribution in [3.8, 4) is 5.75 Å². The highest BCUT2D eigenvalue weighted by atomic mass is 16.5. The van der Waals surface area contributed by atoms with E-state index in [0.29, 0.717) is 18.0 Å². The molecule has 4 aromatic rings. The van der Waals surface area contributed by atoms with Crippen LogP contribution in [0.15, 0.2) is 48.8 Å². The molecule has 1 aromatic carbocycles. The van der Waals surface area contributed by atoms with Crippen LogP contribution in [0.4, 0.5) is 0 Å². The minimum Gasteiger partial charge on any atom is -0.497 e. The average molecular weight is 374 g/mol. The van der Waals surface area contributed by atoms with Crippen LogP contribution in [0.2, 0.25) is 0 Å². The van der Waals surface area contributed by atoms with Gasteiger partial charge in [0.05, 0.1) is 23.7 Å². The van der Waals surface area contributed by atoms with E-state index in [-0.39, 0.29) is 5.91 Å². The highest BCUT2D eigenvalue weighted by Crippen LogP contribution is 2.31. The predicted molar refractivity (Wildman–Crippen MR) is 109 cm³/mol. The van der Waals surface area contributed by atoms with Crippen molar-refractivity contribution in [1.82, 2.24) is 19.9 Å². The van der Waals surface area contributed by atoms with Gasteiger partial charge in [0.1, 0.15) is 5.75 Å². The second-order valence-electron chi connectivity index (χ2n) is 7.37. The maximum Gasteiger partial charge on any atom is 0.256 e. The minimum absolute atomic E-state index is 0.0680. The third kappa shape index (κ3) is 2.81. The molecule has 5 rings (SSSR count). The molecule has 0 aliphatic carbocycles. The van der Waals surface area contributed by atoms with E-state index in [0.717, 1.165) is 52.8 Å². The summed E-state index contributed by atoms with van der Waals surface area (Å²) in [6.45, 7) is 1.49. The zero-order chi connectivity index (χ0) is 19.1. The molecule has 1 aliphatic heterocycles. The number of hydrogen-bond acceptors (Lipinski definition) is 3. The van der Waals surface area contributed by atoms with E-state index in [1.165, 1.54) is 0 Å². The lowest BCUT2D eigenvalue weighted by atomic mass is 9.94. The summed E-state index contributed by atoms with van der Waals surface area (Å²) in [5, 5.41) is 0.904. The number of likely N-dealkylation sites (tertiary alicyclic amines) is 1. The Balaban J connectivity index is 1.42. The third-order valence-electron chi connectivity index (χ3n) is 5.68. The van der Waals surface area contributed by atoms with Crippen LogP contribution < -0.4 is 4.74 Å². The van der Waals surface area contributed by atoms with E-state index in [4.69, 9.17) is 4.74 Å². The Labute approximate surface area is 162 Å². The molecule has 0 bridgehead atoms. The molecule has 1 saturated heterocycles. The van der Waals surface area contributed by atoms with Crippen LogP contribution in [0.3, 0.4) is 0 Å². The Hall–Kier alpha value is -3.28. The van der Waals surface area contributed by atoms with Gasteiger partial charge in [0.2, 0.25) is 0 Å². The number of aromatic amines is 2. The highest BCUT2D eigenvalue weighted by molar-refractivity contribution is 6.07. The standard InChI is InChI=1S/C22H22N4O2/c1-28-15-6-7-18-16(10-15)17(12-24-18)22(27)26-9-3-4-14(13-26)20-11-21-19(25-20)5-2-8-23-21/h2,5-8,10-12,14,24-25H,3-4,9,13H2,1H3/t14-/m0/s1. The molecule has 142 valence electrons. The molecule has 0 unspecified atom stereocenters. The van der Waals surface area contributed by atoms with Crippen LogP contribution >= 0.6 is 0 Å². The maximum absolute atomic E-state index is 13.3. The Kier molecular flexibility index (Phi) is 4.04. The fourth-order valence-electron chi connectivity index (χ4n) is 4.19. The highest BCUT2D eigenvalue weighted by Gasteiger charge is 2.28. The van der Waals surface area contributed by atoms with Crippen LogP contribution in [0.5, 0.6) is 5.75 Å². The van der Waals surface area contributed by atoms with Gasteiger partial charge in [-0.25, -0.2) is 0 Å². The molecule has 6 heteroatoms. The molecule has 0 radical (unpaired) electrons. The zero-order valence-corrected chi connectivity index (χ0v) is 15.7. The van der Waals surface area contributed by atoms with E-state index < -0.39 is 0 Å². The van der Waals surface area contributed by atoms with Gasteiger partial charge in [0.15, 0.2) is 0 Å². The summed E-state index contributed by atoms with van der Waals surface area (Å²) >= 11 is 0. The number of carbonyl (C=O) groups is 1. The maximum atomic E-state index is 13.3.